The topological polar surface area (TPSA) is 80.0 Å². The molecule has 2 heterocycles. The number of ketones is 1. The minimum Gasteiger partial charge on any atom is -0.507 e. The molecule has 1 unspecified atom stereocenters. The number of benzene rings is 2. The Morgan fingerprint density at radius 3 is 2.15 bits per heavy atom. The van der Waals surface area contributed by atoms with E-state index in [0.29, 0.717) is 28.5 Å². The van der Waals surface area contributed by atoms with Gasteiger partial charge in [0.25, 0.3) is 11.7 Å². The van der Waals surface area contributed by atoms with E-state index in [1.165, 1.54) is 4.90 Å². The molecule has 4 rings (SSSR count). The zero-order valence-corrected chi connectivity index (χ0v) is 19.4. The fourth-order valence-corrected chi connectivity index (χ4v) is 4.18. The number of ether oxygens (including phenoxy) is 1. The predicted octanol–water partition coefficient (Wildman–Crippen LogP) is 5.62. The summed E-state index contributed by atoms with van der Waals surface area (Å²) in [5.41, 5.74) is 2.90. The fourth-order valence-electron chi connectivity index (χ4n) is 4.18. The van der Waals surface area contributed by atoms with Gasteiger partial charge in [-0.05, 0) is 94.3 Å². The smallest absolute Gasteiger partial charge is 0.300 e. The molecule has 1 aliphatic heterocycles. The highest BCUT2D eigenvalue weighted by Gasteiger charge is 2.48. The number of anilines is 1. The standard InChI is InChI=1S/C27H27NO5/c1-15(2)32-21-9-7-19(8-10-21)25(29)23-24(22-11-6-18(5)33-22)28(27(31)26(23)30)20-13-16(3)12-17(4)14-20/h6-15,24,29H,1-5H3/b25-23-. The van der Waals surface area contributed by atoms with Crippen LogP contribution in [0.15, 0.2) is 64.6 Å². The van der Waals surface area contributed by atoms with E-state index in [1.807, 2.05) is 45.9 Å². The maximum atomic E-state index is 13.2. The number of carbonyl (C=O) groups is 2. The Balaban J connectivity index is 1.87. The van der Waals surface area contributed by atoms with E-state index in [4.69, 9.17) is 9.15 Å². The lowest BCUT2D eigenvalue weighted by atomic mass is 9.99. The Bertz CT molecular complexity index is 1230. The van der Waals surface area contributed by atoms with Crippen LogP contribution >= 0.6 is 0 Å². The molecule has 0 aliphatic carbocycles. The molecule has 2 aromatic carbocycles. The van der Waals surface area contributed by atoms with Crippen molar-refractivity contribution in [3.63, 3.8) is 0 Å². The Morgan fingerprint density at radius 1 is 0.970 bits per heavy atom. The van der Waals surface area contributed by atoms with E-state index in [9.17, 15) is 14.7 Å². The third-order valence-corrected chi connectivity index (χ3v) is 5.46. The number of carbonyl (C=O) groups excluding carboxylic acids is 2. The SMILES string of the molecule is Cc1cc(C)cc(N2C(=O)C(=O)/C(=C(\O)c3ccc(OC(C)C)cc3)C2c2ccc(C)o2)c1. The Labute approximate surface area is 193 Å². The summed E-state index contributed by atoms with van der Waals surface area (Å²) in [6.07, 6.45) is 0.00903. The van der Waals surface area contributed by atoms with Crippen molar-refractivity contribution in [1.29, 1.82) is 0 Å². The Kier molecular flexibility index (Phi) is 5.85. The number of rotatable bonds is 5. The monoisotopic (exact) mass is 445 g/mol. The van der Waals surface area contributed by atoms with E-state index >= 15 is 0 Å². The van der Waals surface area contributed by atoms with Gasteiger partial charge in [0.15, 0.2) is 0 Å². The first kappa shape index (κ1) is 22.4. The van der Waals surface area contributed by atoms with Crippen molar-refractivity contribution < 1.29 is 23.8 Å². The van der Waals surface area contributed by atoms with Crippen molar-refractivity contribution in [1.82, 2.24) is 0 Å². The Morgan fingerprint density at radius 2 is 1.61 bits per heavy atom. The third-order valence-electron chi connectivity index (χ3n) is 5.46. The van der Waals surface area contributed by atoms with Crippen LogP contribution in [0.4, 0.5) is 5.69 Å². The summed E-state index contributed by atoms with van der Waals surface area (Å²) in [6.45, 7) is 9.50. The van der Waals surface area contributed by atoms with Crippen LogP contribution in [0.25, 0.3) is 5.76 Å². The molecular weight excluding hydrogens is 418 g/mol. The van der Waals surface area contributed by atoms with Crippen molar-refractivity contribution in [2.45, 2.75) is 46.8 Å². The number of hydrogen-bond donors (Lipinski definition) is 1. The first-order valence-electron chi connectivity index (χ1n) is 10.9. The third kappa shape index (κ3) is 4.29. The van der Waals surface area contributed by atoms with Crippen molar-refractivity contribution >= 4 is 23.1 Å². The second-order valence-corrected chi connectivity index (χ2v) is 8.65. The van der Waals surface area contributed by atoms with Crippen LogP contribution in [0.1, 0.15) is 48.1 Å². The van der Waals surface area contributed by atoms with E-state index < -0.39 is 17.7 Å². The summed E-state index contributed by atoms with van der Waals surface area (Å²) in [4.78, 5) is 27.8. The second-order valence-electron chi connectivity index (χ2n) is 8.65. The summed E-state index contributed by atoms with van der Waals surface area (Å²) in [7, 11) is 0. The van der Waals surface area contributed by atoms with Gasteiger partial charge >= 0.3 is 0 Å². The molecule has 0 saturated carbocycles. The molecule has 0 bridgehead atoms. The largest absolute Gasteiger partial charge is 0.507 e. The number of furan rings is 1. The Hall–Kier alpha value is -3.80. The van der Waals surface area contributed by atoms with E-state index in [2.05, 4.69) is 0 Å². The van der Waals surface area contributed by atoms with Gasteiger partial charge in [-0.25, -0.2) is 0 Å². The van der Waals surface area contributed by atoms with Gasteiger partial charge in [-0.2, -0.15) is 0 Å². The van der Waals surface area contributed by atoms with Gasteiger partial charge < -0.3 is 14.3 Å². The molecule has 0 spiro atoms. The van der Waals surface area contributed by atoms with Gasteiger partial charge in [0.1, 0.15) is 29.1 Å². The van der Waals surface area contributed by atoms with E-state index in [1.54, 1.807) is 43.3 Å². The molecule has 3 aromatic rings. The van der Waals surface area contributed by atoms with E-state index in [-0.39, 0.29) is 17.4 Å². The lowest BCUT2D eigenvalue weighted by molar-refractivity contribution is -0.132. The van der Waals surface area contributed by atoms with E-state index in [0.717, 1.165) is 11.1 Å². The van der Waals surface area contributed by atoms with Gasteiger partial charge in [0.05, 0.1) is 11.7 Å². The molecule has 1 aromatic heterocycles. The molecule has 1 atom stereocenters. The molecule has 1 amide bonds. The summed E-state index contributed by atoms with van der Waals surface area (Å²) in [6, 6.07) is 15.1. The summed E-state index contributed by atoms with van der Waals surface area (Å²) < 4.78 is 11.5. The first-order chi connectivity index (χ1) is 15.7. The highest BCUT2D eigenvalue weighted by atomic mass is 16.5. The number of amides is 1. The molecule has 1 fully saturated rings. The van der Waals surface area contributed by atoms with Gasteiger partial charge in [0.2, 0.25) is 0 Å². The summed E-state index contributed by atoms with van der Waals surface area (Å²) in [5.74, 6) is -0.0160. The normalized spacial score (nSPS) is 17.8. The molecule has 0 radical (unpaired) electrons. The van der Waals surface area contributed by atoms with Crippen molar-refractivity contribution in [2.24, 2.45) is 0 Å². The molecule has 170 valence electrons. The average Bonchev–Trinajstić information content (AvgIpc) is 3.28. The first-order valence-corrected chi connectivity index (χ1v) is 10.9. The summed E-state index contributed by atoms with van der Waals surface area (Å²) in [5, 5.41) is 11.2. The van der Waals surface area contributed by atoms with Crippen LogP contribution in [0.3, 0.4) is 0 Å². The molecule has 1 N–H and O–H groups in total. The molecule has 6 heteroatoms. The van der Waals surface area contributed by atoms with Crippen LogP contribution in [0.5, 0.6) is 5.75 Å². The maximum Gasteiger partial charge on any atom is 0.300 e. The molecular formula is C27H27NO5. The number of Topliss-reactive ketones (excluding diaryl/α,β-unsaturated/α-hetero) is 1. The van der Waals surface area contributed by atoms with Crippen LogP contribution in [-0.4, -0.2) is 22.9 Å². The van der Waals surface area contributed by atoms with Gasteiger partial charge in [0, 0.05) is 11.3 Å². The number of aliphatic hydroxyl groups excluding tert-OH is 1. The highest BCUT2D eigenvalue weighted by Crippen LogP contribution is 2.43. The molecule has 6 nitrogen and oxygen atoms in total. The van der Waals surface area contributed by atoms with Crippen LogP contribution in [0, 0.1) is 20.8 Å². The van der Waals surface area contributed by atoms with Crippen molar-refractivity contribution in [3.05, 3.63) is 88.4 Å². The average molecular weight is 446 g/mol. The molecule has 1 aliphatic rings. The minimum atomic E-state index is -0.883. The lowest BCUT2D eigenvalue weighted by Crippen LogP contribution is -2.29. The number of aryl methyl sites for hydroxylation is 3. The number of aliphatic hydroxyl groups is 1. The quantitative estimate of drug-likeness (QED) is 0.313. The van der Waals surface area contributed by atoms with Gasteiger partial charge in [-0.3, -0.25) is 14.5 Å². The van der Waals surface area contributed by atoms with Gasteiger partial charge in [-0.1, -0.05) is 6.07 Å². The van der Waals surface area contributed by atoms with Crippen LogP contribution in [-0.2, 0) is 9.59 Å². The summed E-state index contributed by atoms with van der Waals surface area (Å²) >= 11 is 0. The van der Waals surface area contributed by atoms with Crippen LogP contribution in [0.2, 0.25) is 0 Å². The minimum absolute atomic E-state index is 0.00830. The lowest BCUT2D eigenvalue weighted by Gasteiger charge is -2.24. The maximum absolute atomic E-state index is 13.2. The predicted molar refractivity (Wildman–Crippen MR) is 126 cm³/mol. The van der Waals surface area contributed by atoms with Gasteiger partial charge in [-0.15, -0.1) is 0 Å². The zero-order valence-electron chi connectivity index (χ0n) is 19.4. The highest BCUT2D eigenvalue weighted by molar-refractivity contribution is 6.51. The van der Waals surface area contributed by atoms with Crippen molar-refractivity contribution in [3.8, 4) is 5.75 Å². The van der Waals surface area contributed by atoms with Crippen molar-refractivity contribution in [2.75, 3.05) is 4.90 Å². The van der Waals surface area contributed by atoms with Crippen LogP contribution < -0.4 is 9.64 Å². The number of nitrogens with zero attached hydrogens (tertiary/aromatic N) is 1. The molecule has 1 saturated heterocycles. The second kappa shape index (κ2) is 8.62. The molecule has 33 heavy (non-hydrogen) atoms. The fraction of sp³-hybridized carbons (Fsp3) is 0.259. The number of hydrogen-bond acceptors (Lipinski definition) is 5. The zero-order chi connectivity index (χ0) is 23.9.